The number of carboxylic acid groups (broad SMARTS) is 1. The molecular weight excluding hydrogens is 360 g/mol. The molecule has 4 rings (SSSR count). The molecule has 26 heavy (non-hydrogen) atoms. The summed E-state index contributed by atoms with van der Waals surface area (Å²) in [5.41, 5.74) is -0.0731. The van der Waals surface area contributed by atoms with Crippen molar-refractivity contribution in [2.75, 3.05) is 26.3 Å². The third kappa shape index (κ3) is 3.24. The summed E-state index contributed by atoms with van der Waals surface area (Å²) in [4.78, 5) is 26.2. The Labute approximate surface area is 153 Å². The largest absolute Gasteiger partial charge is 0.485 e. The molecule has 0 aromatic carbocycles. The minimum atomic E-state index is -1.10. The molecule has 0 spiro atoms. The fraction of sp³-hybridized carbons (Fsp3) is 0.500. The Morgan fingerprint density at radius 1 is 1.35 bits per heavy atom. The van der Waals surface area contributed by atoms with Crippen LogP contribution < -0.4 is 9.47 Å². The first-order valence-corrected chi connectivity index (χ1v) is 9.29. The molecule has 1 fully saturated rings. The van der Waals surface area contributed by atoms with Crippen LogP contribution in [0.1, 0.15) is 33.0 Å². The number of hydrogen-bond donors (Lipinski definition) is 1. The highest BCUT2D eigenvalue weighted by atomic mass is 32.1. The van der Waals surface area contributed by atoms with Gasteiger partial charge < -0.3 is 19.5 Å². The van der Waals surface area contributed by atoms with Crippen LogP contribution in [0.3, 0.4) is 0 Å². The van der Waals surface area contributed by atoms with E-state index in [0.29, 0.717) is 49.2 Å². The zero-order valence-corrected chi connectivity index (χ0v) is 14.8. The van der Waals surface area contributed by atoms with Crippen molar-refractivity contribution in [1.29, 1.82) is 0 Å². The molecule has 0 aliphatic carbocycles. The van der Waals surface area contributed by atoms with E-state index < -0.39 is 5.97 Å². The van der Waals surface area contributed by atoms with Crippen LogP contribution in [0.2, 0.25) is 0 Å². The van der Waals surface area contributed by atoms with Crippen molar-refractivity contribution in [1.82, 2.24) is 19.9 Å². The van der Waals surface area contributed by atoms with Gasteiger partial charge in [0.25, 0.3) is 5.91 Å². The number of piperidine rings is 1. The van der Waals surface area contributed by atoms with E-state index in [1.54, 1.807) is 0 Å². The quantitative estimate of drug-likeness (QED) is 0.856. The number of carbonyl (C=O) groups excluding carboxylic acids is 1. The summed E-state index contributed by atoms with van der Waals surface area (Å²) in [6.45, 7) is 2.77. The van der Waals surface area contributed by atoms with Gasteiger partial charge in [0, 0.05) is 25.0 Å². The first-order valence-electron chi connectivity index (χ1n) is 8.41. The van der Waals surface area contributed by atoms with Crippen LogP contribution in [-0.2, 0) is 6.54 Å². The van der Waals surface area contributed by atoms with Gasteiger partial charge in [-0.05, 0) is 18.8 Å². The molecule has 2 aliphatic heterocycles. The first-order chi connectivity index (χ1) is 12.6. The van der Waals surface area contributed by atoms with Crippen molar-refractivity contribution in [3.8, 4) is 11.5 Å². The average molecular weight is 378 g/mol. The standard InChI is InChI=1S/C16H18N4O5S/c21-15(14-13-12(9-26-14)24-4-5-25-13)19-3-1-2-10(6-19)7-20-8-11(16(22)23)17-18-20/h8-10H,1-7H2,(H,22,23). The van der Waals surface area contributed by atoms with Crippen LogP contribution in [0.5, 0.6) is 11.5 Å². The Hall–Kier alpha value is -2.62. The fourth-order valence-corrected chi connectivity index (χ4v) is 4.20. The van der Waals surface area contributed by atoms with Crippen LogP contribution in [0.15, 0.2) is 11.6 Å². The second-order valence-electron chi connectivity index (χ2n) is 6.35. The van der Waals surface area contributed by atoms with Crippen LogP contribution in [0.25, 0.3) is 0 Å². The summed E-state index contributed by atoms with van der Waals surface area (Å²) in [7, 11) is 0. The molecule has 0 bridgehead atoms. The van der Waals surface area contributed by atoms with Gasteiger partial charge in [-0.15, -0.1) is 16.4 Å². The summed E-state index contributed by atoms with van der Waals surface area (Å²) in [6, 6.07) is 0. The molecule has 0 radical (unpaired) electrons. The lowest BCUT2D eigenvalue weighted by Crippen LogP contribution is -2.41. The van der Waals surface area contributed by atoms with Crippen LogP contribution in [-0.4, -0.2) is 63.2 Å². The Morgan fingerprint density at radius 2 is 2.19 bits per heavy atom. The second-order valence-corrected chi connectivity index (χ2v) is 7.23. The number of ether oxygens (including phenoxy) is 2. The van der Waals surface area contributed by atoms with Crippen molar-refractivity contribution in [2.45, 2.75) is 19.4 Å². The van der Waals surface area contributed by atoms with E-state index in [-0.39, 0.29) is 17.5 Å². The summed E-state index contributed by atoms with van der Waals surface area (Å²) in [5.74, 6) is 0.249. The summed E-state index contributed by atoms with van der Waals surface area (Å²) >= 11 is 1.34. The number of carbonyl (C=O) groups is 2. The molecule has 2 aliphatic rings. The Bertz CT molecular complexity index is 832. The topological polar surface area (TPSA) is 107 Å². The number of amides is 1. The Kier molecular flexibility index (Phi) is 4.49. The predicted molar refractivity (Wildman–Crippen MR) is 90.9 cm³/mol. The van der Waals surface area contributed by atoms with Crippen molar-refractivity contribution >= 4 is 23.2 Å². The van der Waals surface area contributed by atoms with Gasteiger partial charge in [-0.3, -0.25) is 9.48 Å². The van der Waals surface area contributed by atoms with Gasteiger partial charge in [-0.1, -0.05) is 5.21 Å². The first kappa shape index (κ1) is 16.8. The van der Waals surface area contributed by atoms with E-state index in [1.807, 2.05) is 10.3 Å². The lowest BCUT2D eigenvalue weighted by Gasteiger charge is -2.32. The lowest BCUT2D eigenvalue weighted by atomic mass is 9.98. The maximum Gasteiger partial charge on any atom is 0.358 e. The number of nitrogens with zero attached hydrogens (tertiary/aromatic N) is 4. The van der Waals surface area contributed by atoms with Gasteiger partial charge in [0.2, 0.25) is 0 Å². The van der Waals surface area contributed by atoms with E-state index in [4.69, 9.17) is 14.6 Å². The maximum absolute atomic E-state index is 12.9. The smallest absolute Gasteiger partial charge is 0.358 e. The van der Waals surface area contributed by atoms with Gasteiger partial charge in [0.1, 0.15) is 18.1 Å². The molecule has 10 heteroatoms. The second kappa shape index (κ2) is 6.94. The zero-order valence-electron chi connectivity index (χ0n) is 14.0. The maximum atomic E-state index is 12.9. The summed E-state index contributed by atoms with van der Waals surface area (Å²) in [5, 5.41) is 18.2. The number of fused-ring (bicyclic) bond motifs is 1. The third-order valence-electron chi connectivity index (χ3n) is 4.50. The average Bonchev–Trinajstić information content (AvgIpc) is 3.28. The minimum Gasteiger partial charge on any atom is -0.485 e. The lowest BCUT2D eigenvalue weighted by molar-refractivity contribution is 0.0655. The highest BCUT2D eigenvalue weighted by Gasteiger charge is 2.30. The van der Waals surface area contributed by atoms with E-state index >= 15 is 0 Å². The molecule has 2 aromatic rings. The van der Waals surface area contributed by atoms with Gasteiger partial charge >= 0.3 is 5.97 Å². The number of likely N-dealkylation sites (tertiary alicyclic amines) is 1. The van der Waals surface area contributed by atoms with Gasteiger partial charge in [-0.2, -0.15) is 0 Å². The highest BCUT2D eigenvalue weighted by Crippen LogP contribution is 2.40. The molecule has 1 atom stereocenters. The van der Waals surface area contributed by atoms with E-state index in [2.05, 4.69) is 10.3 Å². The summed E-state index contributed by atoms with van der Waals surface area (Å²) in [6.07, 6.45) is 3.26. The van der Waals surface area contributed by atoms with E-state index in [1.165, 1.54) is 22.2 Å². The molecule has 2 aromatic heterocycles. The molecule has 4 heterocycles. The normalized spacial score (nSPS) is 19.4. The van der Waals surface area contributed by atoms with Crippen LogP contribution in [0, 0.1) is 5.92 Å². The van der Waals surface area contributed by atoms with Crippen LogP contribution >= 0.6 is 11.3 Å². The SMILES string of the molecule is O=C(O)c1cn(CC2CCCN(C(=O)c3scc4c3OCCO4)C2)nn1. The van der Waals surface area contributed by atoms with Crippen molar-refractivity contribution in [2.24, 2.45) is 5.92 Å². The number of carboxylic acids is 1. The molecule has 138 valence electrons. The Morgan fingerprint density at radius 3 is 3.00 bits per heavy atom. The van der Waals surface area contributed by atoms with Crippen molar-refractivity contribution in [3.63, 3.8) is 0 Å². The minimum absolute atomic E-state index is 0.0451. The highest BCUT2D eigenvalue weighted by molar-refractivity contribution is 7.12. The van der Waals surface area contributed by atoms with E-state index in [0.717, 1.165) is 12.8 Å². The predicted octanol–water partition coefficient (Wildman–Crippen LogP) is 1.36. The zero-order chi connectivity index (χ0) is 18.1. The molecule has 1 unspecified atom stereocenters. The number of thiophene rings is 1. The number of aromatic carboxylic acids is 1. The van der Waals surface area contributed by atoms with Gasteiger partial charge in [0.15, 0.2) is 17.2 Å². The molecular formula is C16H18N4O5S. The molecule has 0 saturated carbocycles. The molecule has 1 amide bonds. The monoisotopic (exact) mass is 378 g/mol. The van der Waals surface area contributed by atoms with E-state index in [9.17, 15) is 9.59 Å². The summed E-state index contributed by atoms with van der Waals surface area (Å²) < 4.78 is 12.7. The van der Waals surface area contributed by atoms with Crippen molar-refractivity contribution in [3.05, 3.63) is 22.1 Å². The number of aromatic nitrogens is 3. The molecule has 1 saturated heterocycles. The van der Waals surface area contributed by atoms with Crippen molar-refractivity contribution < 1.29 is 24.2 Å². The number of rotatable bonds is 4. The van der Waals surface area contributed by atoms with Gasteiger partial charge in [-0.25, -0.2) is 4.79 Å². The molecule has 1 N–H and O–H groups in total. The van der Waals surface area contributed by atoms with Gasteiger partial charge in [0.05, 0.1) is 6.20 Å². The number of hydrogen-bond acceptors (Lipinski definition) is 7. The van der Waals surface area contributed by atoms with Crippen LogP contribution in [0.4, 0.5) is 0 Å². The Balaban J connectivity index is 1.43. The third-order valence-corrected chi connectivity index (χ3v) is 5.43. The molecule has 9 nitrogen and oxygen atoms in total. The fourth-order valence-electron chi connectivity index (χ4n) is 3.30.